The Bertz CT molecular complexity index is 1060. The van der Waals surface area contributed by atoms with Crippen LogP contribution >= 0.6 is 11.3 Å². The van der Waals surface area contributed by atoms with Gasteiger partial charge in [-0.25, -0.2) is 14.2 Å². The molecule has 2 N–H and O–H groups in total. The molecule has 0 saturated heterocycles. The molecule has 0 aliphatic carbocycles. The molecule has 0 aliphatic rings. The number of urea groups is 1. The second-order valence-electron chi connectivity index (χ2n) is 6.19. The summed E-state index contributed by atoms with van der Waals surface area (Å²) in [6, 6.07) is 5.04. The van der Waals surface area contributed by atoms with Crippen LogP contribution in [0.3, 0.4) is 0 Å². The Kier molecular flexibility index (Phi) is 5.31. The predicted octanol–water partition coefficient (Wildman–Crippen LogP) is 2.50. The van der Waals surface area contributed by atoms with E-state index in [0.717, 1.165) is 4.57 Å². The fourth-order valence-electron chi connectivity index (χ4n) is 2.54. The lowest BCUT2D eigenvalue weighted by Crippen LogP contribution is -2.44. The third kappa shape index (κ3) is 4.20. The highest BCUT2D eigenvalue weighted by molar-refractivity contribution is 7.17. The minimum atomic E-state index is -0.630. The first-order chi connectivity index (χ1) is 12.8. The van der Waals surface area contributed by atoms with Crippen LogP contribution in [0.2, 0.25) is 0 Å². The summed E-state index contributed by atoms with van der Waals surface area (Å²) < 4.78 is 14.3. The Morgan fingerprint density at radius 1 is 1.26 bits per heavy atom. The molecule has 0 radical (unpaired) electrons. The standard InChI is InChI=1S/C18H17FN4O3S/c1-10(2)21-18(26)22-14(24)7-23-9-20-16-15(17(23)25)13(8-27-16)11-3-5-12(19)6-4-11/h3-6,8-10H,7H2,1-2H3,(H2,21,22,24,26). The summed E-state index contributed by atoms with van der Waals surface area (Å²) in [5, 5.41) is 6.82. The topological polar surface area (TPSA) is 93.1 Å². The van der Waals surface area contributed by atoms with Crippen molar-refractivity contribution < 1.29 is 14.0 Å². The molecule has 0 fully saturated rings. The van der Waals surface area contributed by atoms with Gasteiger partial charge in [0.2, 0.25) is 5.91 Å². The molecule has 0 saturated carbocycles. The molecule has 2 aromatic heterocycles. The molecule has 2 heterocycles. The fourth-order valence-corrected chi connectivity index (χ4v) is 3.45. The Morgan fingerprint density at radius 3 is 2.63 bits per heavy atom. The molecule has 3 rings (SSSR count). The molecule has 140 valence electrons. The number of halogens is 1. The van der Waals surface area contributed by atoms with Crippen LogP contribution in [0.1, 0.15) is 13.8 Å². The Balaban J connectivity index is 1.90. The Labute approximate surface area is 157 Å². The Morgan fingerprint density at radius 2 is 1.96 bits per heavy atom. The number of nitrogens with one attached hydrogen (secondary N) is 2. The number of carbonyl (C=O) groups excluding carboxylic acids is 2. The molecule has 27 heavy (non-hydrogen) atoms. The minimum absolute atomic E-state index is 0.123. The number of hydrogen-bond acceptors (Lipinski definition) is 5. The average molecular weight is 388 g/mol. The van der Waals surface area contributed by atoms with Crippen molar-refractivity contribution in [3.05, 3.63) is 52.1 Å². The van der Waals surface area contributed by atoms with Crippen LogP contribution in [-0.4, -0.2) is 27.5 Å². The van der Waals surface area contributed by atoms with Gasteiger partial charge in [-0.15, -0.1) is 11.3 Å². The van der Waals surface area contributed by atoms with Crippen molar-refractivity contribution in [2.75, 3.05) is 0 Å². The van der Waals surface area contributed by atoms with E-state index in [1.807, 2.05) is 0 Å². The first kappa shape index (κ1) is 18.7. The van der Waals surface area contributed by atoms with Gasteiger partial charge in [0, 0.05) is 17.0 Å². The number of fused-ring (bicyclic) bond motifs is 1. The van der Waals surface area contributed by atoms with Crippen molar-refractivity contribution in [1.29, 1.82) is 0 Å². The number of benzene rings is 1. The highest BCUT2D eigenvalue weighted by Gasteiger charge is 2.16. The number of nitrogens with zero attached hydrogens (tertiary/aromatic N) is 2. The lowest BCUT2D eigenvalue weighted by molar-refractivity contribution is -0.120. The van der Waals surface area contributed by atoms with Gasteiger partial charge < -0.3 is 5.32 Å². The van der Waals surface area contributed by atoms with E-state index in [1.165, 1.54) is 29.8 Å². The lowest BCUT2D eigenvalue weighted by Gasteiger charge is -2.10. The quantitative estimate of drug-likeness (QED) is 0.718. The van der Waals surface area contributed by atoms with Crippen LogP contribution in [-0.2, 0) is 11.3 Å². The zero-order valence-corrected chi connectivity index (χ0v) is 15.5. The SMILES string of the molecule is CC(C)NC(=O)NC(=O)Cn1cnc2scc(-c3ccc(F)cc3)c2c1=O. The van der Waals surface area contributed by atoms with Crippen molar-refractivity contribution in [2.24, 2.45) is 0 Å². The smallest absolute Gasteiger partial charge is 0.321 e. The summed E-state index contributed by atoms with van der Waals surface area (Å²) in [5.74, 6) is -1.000. The van der Waals surface area contributed by atoms with Gasteiger partial charge in [0.1, 0.15) is 17.2 Å². The average Bonchev–Trinajstić information content (AvgIpc) is 3.02. The van der Waals surface area contributed by atoms with Crippen LogP contribution in [0.5, 0.6) is 0 Å². The minimum Gasteiger partial charge on any atom is -0.336 e. The molecule has 9 heteroatoms. The molecule has 0 spiro atoms. The van der Waals surface area contributed by atoms with Gasteiger partial charge in [0.15, 0.2) is 0 Å². The number of rotatable bonds is 4. The maximum Gasteiger partial charge on any atom is 0.321 e. The van der Waals surface area contributed by atoms with Gasteiger partial charge in [-0.2, -0.15) is 0 Å². The van der Waals surface area contributed by atoms with Gasteiger partial charge in [0.05, 0.1) is 11.7 Å². The van der Waals surface area contributed by atoms with Gasteiger partial charge >= 0.3 is 6.03 Å². The van der Waals surface area contributed by atoms with Crippen LogP contribution < -0.4 is 16.2 Å². The highest BCUT2D eigenvalue weighted by atomic mass is 32.1. The third-order valence-electron chi connectivity index (χ3n) is 3.70. The molecule has 0 bridgehead atoms. The summed E-state index contributed by atoms with van der Waals surface area (Å²) >= 11 is 1.29. The number of carbonyl (C=O) groups is 2. The van der Waals surface area contributed by atoms with Crippen molar-refractivity contribution >= 4 is 33.5 Å². The van der Waals surface area contributed by atoms with E-state index in [0.29, 0.717) is 21.3 Å². The second kappa shape index (κ2) is 7.67. The summed E-state index contributed by atoms with van der Waals surface area (Å²) in [6.07, 6.45) is 1.27. The molecular formula is C18H17FN4O3S. The summed E-state index contributed by atoms with van der Waals surface area (Å²) in [5.41, 5.74) is 0.903. The molecular weight excluding hydrogens is 371 g/mol. The lowest BCUT2D eigenvalue weighted by atomic mass is 10.1. The van der Waals surface area contributed by atoms with Crippen LogP contribution in [0.15, 0.2) is 40.8 Å². The van der Waals surface area contributed by atoms with Crippen LogP contribution in [0.4, 0.5) is 9.18 Å². The molecule has 7 nitrogen and oxygen atoms in total. The fraction of sp³-hybridized carbons (Fsp3) is 0.222. The van der Waals surface area contributed by atoms with E-state index in [9.17, 15) is 18.8 Å². The maximum absolute atomic E-state index is 13.2. The normalized spacial score (nSPS) is 11.0. The number of thiophene rings is 1. The Hall–Kier alpha value is -3.07. The van der Waals surface area contributed by atoms with Gasteiger partial charge in [-0.05, 0) is 31.5 Å². The number of hydrogen-bond donors (Lipinski definition) is 2. The van der Waals surface area contributed by atoms with Crippen molar-refractivity contribution in [3.8, 4) is 11.1 Å². The second-order valence-corrected chi connectivity index (χ2v) is 7.05. The van der Waals surface area contributed by atoms with Crippen molar-refractivity contribution in [1.82, 2.24) is 20.2 Å². The number of imide groups is 1. The molecule has 3 aromatic rings. The molecule has 0 aliphatic heterocycles. The summed E-state index contributed by atoms with van der Waals surface area (Å²) in [6.45, 7) is 3.19. The first-order valence-electron chi connectivity index (χ1n) is 8.18. The van der Waals surface area contributed by atoms with Gasteiger partial charge in [0.25, 0.3) is 5.56 Å². The molecule has 0 atom stereocenters. The third-order valence-corrected chi connectivity index (χ3v) is 4.59. The molecule has 3 amide bonds. The summed E-state index contributed by atoms with van der Waals surface area (Å²) in [4.78, 5) is 41.2. The van der Waals surface area contributed by atoms with E-state index in [1.54, 1.807) is 31.4 Å². The van der Waals surface area contributed by atoms with Gasteiger partial charge in [-0.3, -0.25) is 19.5 Å². The van der Waals surface area contributed by atoms with E-state index in [4.69, 9.17) is 0 Å². The van der Waals surface area contributed by atoms with E-state index >= 15 is 0 Å². The largest absolute Gasteiger partial charge is 0.336 e. The van der Waals surface area contributed by atoms with Crippen LogP contribution in [0.25, 0.3) is 21.3 Å². The number of amides is 3. The zero-order valence-electron chi connectivity index (χ0n) is 14.7. The van der Waals surface area contributed by atoms with E-state index < -0.39 is 17.5 Å². The van der Waals surface area contributed by atoms with Crippen molar-refractivity contribution in [2.45, 2.75) is 26.4 Å². The summed E-state index contributed by atoms with van der Waals surface area (Å²) in [7, 11) is 0. The molecule has 0 unspecified atom stereocenters. The van der Waals surface area contributed by atoms with Gasteiger partial charge in [-0.1, -0.05) is 12.1 Å². The maximum atomic E-state index is 13.2. The van der Waals surface area contributed by atoms with E-state index in [2.05, 4.69) is 15.6 Å². The zero-order chi connectivity index (χ0) is 19.6. The highest BCUT2D eigenvalue weighted by Crippen LogP contribution is 2.30. The number of aromatic nitrogens is 2. The van der Waals surface area contributed by atoms with E-state index in [-0.39, 0.29) is 18.4 Å². The first-order valence-corrected chi connectivity index (χ1v) is 9.06. The monoisotopic (exact) mass is 388 g/mol. The van der Waals surface area contributed by atoms with Crippen molar-refractivity contribution in [3.63, 3.8) is 0 Å². The van der Waals surface area contributed by atoms with Crippen LogP contribution in [0, 0.1) is 5.82 Å². The predicted molar refractivity (Wildman–Crippen MR) is 101 cm³/mol. The molecule has 1 aromatic carbocycles.